The lowest BCUT2D eigenvalue weighted by Crippen LogP contribution is -2.04. The van der Waals surface area contributed by atoms with Crippen LogP contribution >= 0.6 is 0 Å². The summed E-state index contributed by atoms with van der Waals surface area (Å²) in [5.74, 6) is 0.0390. The Labute approximate surface area is 120 Å². The zero-order chi connectivity index (χ0) is 14.8. The van der Waals surface area contributed by atoms with E-state index in [2.05, 4.69) is 10.1 Å². The molecule has 0 aliphatic rings. The van der Waals surface area contributed by atoms with Crippen molar-refractivity contribution >= 4 is 16.7 Å². The first-order chi connectivity index (χ1) is 10.1. The van der Waals surface area contributed by atoms with Gasteiger partial charge in [-0.25, -0.2) is 4.79 Å². The maximum absolute atomic E-state index is 11.3. The number of carboxylic acids is 1. The molecule has 1 aromatic heterocycles. The van der Waals surface area contributed by atoms with E-state index < -0.39 is 5.97 Å². The van der Waals surface area contributed by atoms with Gasteiger partial charge in [0.2, 0.25) is 0 Å². The van der Waals surface area contributed by atoms with Crippen LogP contribution in [-0.2, 0) is 6.61 Å². The van der Waals surface area contributed by atoms with Crippen LogP contribution in [0, 0.1) is 6.92 Å². The number of fused-ring (bicyclic) bond motifs is 1. The summed E-state index contributed by atoms with van der Waals surface area (Å²) in [7, 11) is 0. The molecule has 1 N–H and O–H groups in total. The summed E-state index contributed by atoms with van der Waals surface area (Å²) in [6.45, 7) is 1.73. The summed E-state index contributed by atoms with van der Waals surface area (Å²) < 4.78 is 10.5. The van der Waals surface area contributed by atoms with Gasteiger partial charge in [0.1, 0.15) is 11.3 Å². The van der Waals surface area contributed by atoms with Crippen molar-refractivity contribution in [3.8, 4) is 5.75 Å². The predicted octanol–water partition coefficient (Wildman–Crippen LogP) is 2.81. The van der Waals surface area contributed by atoms with Crippen molar-refractivity contribution in [2.75, 3.05) is 0 Å². The molecule has 0 spiro atoms. The van der Waals surface area contributed by atoms with Gasteiger partial charge in [0.15, 0.2) is 12.4 Å². The molecule has 0 saturated heterocycles. The number of carboxylic acid groups (broad SMARTS) is 1. The molecule has 0 amide bonds. The number of aryl methyl sites for hydroxylation is 1. The molecule has 0 radical (unpaired) electrons. The van der Waals surface area contributed by atoms with Gasteiger partial charge in [-0.3, -0.25) is 0 Å². The monoisotopic (exact) mass is 284 g/mol. The summed E-state index contributed by atoms with van der Waals surface area (Å²) in [5, 5.41) is 14.7. The standard InChI is InChI=1S/C15H12N2O4/c1-9-16-14(21-17-9)8-20-13-7-11-5-3-2-4-10(11)6-12(13)15(18)19/h2-7H,8H2,1H3,(H,18,19). The fourth-order valence-corrected chi connectivity index (χ4v) is 2.04. The second-order valence-electron chi connectivity index (χ2n) is 4.52. The summed E-state index contributed by atoms with van der Waals surface area (Å²) in [4.78, 5) is 15.4. The summed E-state index contributed by atoms with van der Waals surface area (Å²) in [5.41, 5.74) is 0.102. The molecular weight excluding hydrogens is 272 g/mol. The van der Waals surface area contributed by atoms with Gasteiger partial charge in [-0.05, 0) is 29.8 Å². The first-order valence-electron chi connectivity index (χ1n) is 6.31. The Kier molecular flexibility index (Phi) is 3.27. The Hall–Kier alpha value is -2.89. The number of hydrogen-bond donors (Lipinski definition) is 1. The van der Waals surface area contributed by atoms with E-state index in [9.17, 15) is 9.90 Å². The fourth-order valence-electron chi connectivity index (χ4n) is 2.04. The number of hydrogen-bond acceptors (Lipinski definition) is 5. The van der Waals surface area contributed by atoms with Crippen molar-refractivity contribution in [2.24, 2.45) is 0 Å². The number of carbonyl (C=O) groups is 1. The molecule has 0 unspecified atom stereocenters. The Balaban J connectivity index is 1.95. The minimum Gasteiger partial charge on any atom is -0.483 e. The molecule has 0 bridgehead atoms. The third-order valence-corrected chi connectivity index (χ3v) is 3.00. The lowest BCUT2D eigenvalue weighted by molar-refractivity contribution is 0.0691. The maximum Gasteiger partial charge on any atom is 0.339 e. The first kappa shape index (κ1) is 13.1. The molecule has 0 aliphatic heterocycles. The van der Waals surface area contributed by atoms with E-state index in [1.54, 1.807) is 19.1 Å². The molecule has 0 saturated carbocycles. The highest BCUT2D eigenvalue weighted by molar-refractivity contribution is 5.97. The topological polar surface area (TPSA) is 85.5 Å². The largest absolute Gasteiger partial charge is 0.483 e. The van der Waals surface area contributed by atoms with Crippen LogP contribution in [0.15, 0.2) is 40.9 Å². The van der Waals surface area contributed by atoms with Crippen molar-refractivity contribution in [3.63, 3.8) is 0 Å². The van der Waals surface area contributed by atoms with Crippen molar-refractivity contribution in [1.29, 1.82) is 0 Å². The highest BCUT2D eigenvalue weighted by Crippen LogP contribution is 2.26. The average molecular weight is 284 g/mol. The van der Waals surface area contributed by atoms with Crippen LogP contribution in [0.2, 0.25) is 0 Å². The van der Waals surface area contributed by atoms with Gasteiger partial charge >= 0.3 is 5.97 Å². The Bertz CT molecular complexity index is 810. The number of aromatic carboxylic acids is 1. The molecule has 0 fully saturated rings. The number of nitrogens with zero attached hydrogens (tertiary/aromatic N) is 2. The molecule has 0 atom stereocenters. The van der Waals surface area contributed by atoms with Crippen LogP contribution in [0.4, 0.5) is 0 Å². The number of ether oxygens (including phenoxy) is 1. The lowest BCUT2D eigenvalue weighted by Gasteiger charge is -2.09. The lowest BCUT2D eigenvalue weighted by atomic mass is 10.1. The molecule has 6 nitrogen and oxygen atoms in total. The molecule has 3 rings (SSSR count). The highest BCUT2D eigenvalue weighted by atomic mass is 16.5. The van der Waals surface area contributed by atoms with Crippen molar-refractivity contribution in [2.45, 2.75) is 13.5 Å². The number of rotatable bonds is 4. The van der Waals surface area contributed by atoms with E-state index in [-0.39, 0.29) is 17.9 Å². The van der Waals surface area contributed by atoms with Gasteiger partial charge in [0.05, 0.1) is 0 Å². The Morgan fingerprint density at radius 3 is 2.62 bits per heavy atom. The normalized spacial score (nSPS) is 10.7. The van der Waals surface area contributed by atoms with Crippen LogP contribution in [0.1, 0.15) is 22.1 Å². The summed E-state index contributed by atoms with van der Waals surface area (Å²) >= 11 is 0. The van der Waals surface area contributed by atoms with Gasteiger partial charge in [0, 0.05) is 0 Å². The van der Waals surface area contributed by atoms with E-state index in [0.29, 0.717) is 11.7 Å². The van der Waals surface area contributed by atoms with Crippen LogP contribution in [-0.4, -0.2) is 21.2 Å². The molecule has 2 aromatic carbocycles. The van der Waals surface area contributed by atoms with Crippen molar-refractivity contribution in [3.05, 3.63) is 53.7 Å². The van der Waals surface area contributed by atoms with Crippen LogP contribution < -0.4 is 4.74 Å². The van der Waals surface area contributed by atoms with Crippen LogP contribution in [0.25, 0.3) is 10.8 Å². The number of benzene rings is 2. The van der Waals surface area contributed by atoms with E-state index in [4.69, 9.17) is 9.26 Å². The zero-order valence-corrected chi connectivity index (χ0v) is 11.2. The second-order valence-corrected chi connectivity index (χ2v) is 4.52. The highest BCUT2D eigenvalue weighted by Gasteiger charge is 2.14. The molecule has 106 valence electrons. The summed E-state index contributed by atoms with van der Waals surface area (Å²) in [6.07, 6.45) is 0. The molecule has 6 heteroatoms. The van der Waals surface area contributed by atoms with Crippen LogP contribution in [0.5, 0.6) is 5.75 Å². The van der Waals surface area contributed by atoms with Gasteiger partial charge in [0.25, 0.3) is 5.89 Å². The molecule has 1 heterocycles. The molecule has 21 heavy (non-hydrogen) atoms. The van der Waals surface area contributed by atoms with E-state index in [1.165, 1.54) is 0 Å². The second kappa shape index (κ2) is 5.24. The van der Waals surface area contributed by atoms with Crippen molar-refractivity contribution in [1.82, 2.24) is 10.1 Å². The maximum atomic E-state index is 11.3. The zero-order valence-electron chi connectivity index (χ0n) is 11.2. The Morgan fingerprint density at radius 1 is 1.29 bits per heavy atom. The fraction of sp³-hybridized carbons (Fsp3) is 0.133. The van der Waals surface area contributed by atoms with Crippen LogP contribution in [0.3, 0.4) is 0 Å². The van der Waals surface area contributed by atoms with Gasteiger partial charge in [-0.1, -0.05) is 29.4 Å². The quantitative estimate of drug-likeness (QED) is 0.792. The third kappa shape index (κ3) is 2.69. The molecule has 3 aromatic rings. The smallest absolute Gasteiger partial charge is 0.339 e. The first-order valence-corrected chi connectivity index (χ1v) is 6.31. The minimum atomic E-state index is -1.04. The Morgan fingerprint density at radius 2 is 2.00 bits per heavy atom. The SMILES string of the molecule is Cc1noc(COc2cc3ccccc3cc2C(=O)O)n1. The summed E-state index contributed by atoms with van der Waals surface area (Å²) in [6, 6.07) is 10.8. The minimum absolute atomic E-state index is 0.0272. The predicted molar refractivity (Wildman–Crippen MR) is 74.3 cm³/mol. The van der Waals surface area contributed by atoms with E-state index in [0.717, 1.165) is 10.8 Å². The third-order valence-electron chi connectivity index (χ3n) is 3.00. The number of aromatic nitrogens is 2. The molecule has 0 aliphatic carbocycles. The van der Waals surface area contributed by atoms with E-state index in [1.807, 2.05) is 24.3 Å². The van der Waals surface area contributed by atoms with Gasteiger partial charge in [-0.2, -0.15) is 4.98 Å². The van der Waals surface area contributed by atoms with Gasteiger partial charge in [-0.15, -0.1) is 0 Å². The van der Waals surface area contributed by atoms with E-state index >= 15 is 0 Å². The average Bonchev–Trinajstić information content (AvgIpc) is 2.89. The van der Waals surface area contributed by atoms with Crippen molar-refractivity contribution < 1.29 is 19.2 Å². The molecular formula is C15H12N2O4. The van der Waals surface area contributed by atoms with Gasteiger partial charge < -0.3 is 14.4 Å².